The smallest absolute Gasteiger partial charge is 0.472 e. The van der Waals surface area contributed by atoms with Crippen LogP contribution in [0.2, 0.25) is 0 Å². The van der Waals surface area contributed by atoms with Crippen molar-refractivity contribution < 1.29 is 61.5 Å². The van der Waals surface area contributed by atoms with Crippen molar-refractivity contribution in [3.8, 4) is 5.75 Å². The Balaban J connectivity index is 1.38. The number of nitrogens with one attached hydrogen (secondary N) is 5. The van der Waals surface area contributed by atoms with Crippen LogP contribution in [0.15, 0.2) is 54.7 Å². The average molecular weight is 986 g/mol. The minimum absolute atomic E-state index is 0.0177. The van der Waals surface area contributed by atoms with Gasteiger partial charge in [0, 0.05) is 37.0 Å². The molecule has 0 bridgehead atoms. The van der Waals surface area contributed by atoms with Gasteiger partial charge in [0.1, 0.15) is 31.0 Å². The number of phosphoric acid groups is 1. The number of rotatable bonds is 38. The summed E-state index contributed by atoms with van der Waals surface area (Å²) in [5.41, 5.74) is 2.55. The fraction of sp³-hybridized carbons (Fsp3) is 0.600. The highest BCUT2D eigenvalue weighted by molar-refractivity contribution is 7.47. The van der Waals surface area contributed by atoms with Gasteiger partial charge in [-0.05, 0) is 41.7 Å². The van der Waals surface area contributed by atoms with E-state index in [0.717, 1.165) is 42.7 Å². The topological polar surface area (TPSA) is 250 Å². The zero-order valence-electron chi connectivity index (χ0n) is 40.9. The van der Waals surface area contributed by atoms with Crippen LogP contribution in [0.3, 0.4) is 0 Å². The lowest BCUT2D eigenvalue weighted by Gasteiger charge is -2.24. The number of hydrogen-bond acceptors (Lipinski definition) is 12. The normalized spacial score (nSPS) is 13.8. The standard InChI is InChI=1S/C50H76N5O13P/c1-5-7-8-9-10-11-12-13-14-15-16-17-21-24-47(59)65-34-42(66-36-56)32-53-49(60)45(54-38(4)57)35-68-69(62,63)67-28-27-51-50(61)48(37(3)6-2)55-46(58)29-40-31-52-44-26-25-41(30-43(40)44)64-33-39-22-19-18-20-23-39/h18-20,22-23,25-26,30-31,36-37,42,45,48,52H,5-17,21,24,27-29,32-35H2,1-4H3,(H,51,61)(H,53,60)(H,54,57)(H,55,58)(H,62,63)/t37-,42-,45-,48-/m0/s1. The highest BCUT2D eigenvalue weighted by Gasteiger charge is 2.29. The monoisotopic (exact) mass is 986 g/mol. The van der Waals surface area contributed by atoms with Crippen molar-refractivity contribution in [2.45, 2.75) is 155 Å². The zero-order chi connectivity index (χ0) is 50.3. The molecule has 4 amide bonds. The molecule has 0 spiro atoms. The van der Waals surface area contributed by atoms with Gasteiger partial charge in [-0.25, -0.2) is 4.57 Å². The molecule has 19 heteroatoms. The van der Waals surface area contributed by atoms with Gasteiger partial charge in [-0.1, -0.05) is 135 Å². The highest BCUT2D eigenvalue weighted by atomic mass is 31.2. The molecule has 3 aromatic rings. The van der Waals surface area contributed by atoms with Crippen molar-refractivity contribution in [3.63, 3.8) is 0 Å². The summed E-state index contributed by atoms with van der Waals surface area (Å²) < 4.78 is 39.0. The van der Waals surface area contributed by atoms with E-state index < -0.39 is 62.9 Å². The van der Waals surface area contributed by atoms with E-state index in [1.165, 1.54) is 57.8 Å². The summed E-state index contributed by atoms with van der Waals surface area (Å²) >= 11 is 0. The van der Waals surface area contributed by atoms with Gasteiger partial charge in [-0.3, -0.25) is 37.8 Å². The second-order valence-corrected chi connectivity index (χ2v) is 18.8. The van der Waals surface area contributed by atoms with Crippen LogP contribution < -0.4 is 26.0 Å². The van der Waals surface area contributed by atoms with Gasteiger partial charge in [-0.2, -0.15) is 0 Å². The predicted octanol–water partition coefficient (Wildman–Crippen LogP) is 7.26. The van der Waals surface area contributed by atoms with Crippen molar-refractivity contribution >= 4 is 54.8 Å². The number of amides is 4. The fourth-order valence-electron chi connectivity index (χ4n) is 7.42. The van der Waals surface area contributed by atoms with Crippen molar-refractivity contribution in [2.24, 2.45) is 5.92 Å². The number of carbonyl (C=O) groups is 6. The van der Waals surface area contributed by atoms with Gasteiger partial charge in [0.15, 0.2) is 6.10 Å². The molecule has 0 fully saturated rings. The molecule has 0 saturated heterocycles. The van der Waals surface area contributed by atoms with Crippen molar-refractivity contribution in [1.29, 1.82) is 0 Å². The Morgan fingerprint density at radius 1 is 0.812 bits per heavy atom. The lowest BCUT2D eigenvalue weighted by Crippen LogP contribution is -2.51. The number of phosphoric ester groups is 1. The van der Waals surface area contributed by atoms with E-state index in [1.54, 1.807) is 6.20 Å². The number of H-pyrrole nitrogens is 1. The number of esters is 1. The summed E-state index contributed by atoms with van der Waals surface area (Å²) in [7, 11) is -4.83. The Morgan fingerprint density at radius 2 is 1.48 bits per heavy atom. The number of hydrogen-bond donors (Lipinski definition) is 6. The SMILES string of the molecule is CCCCCCCCCCCCCCCC(=O)OC[C@H](CNC(=O)[C@H](COP(=O)(O)OCCNC(=O)[C@@H](NC(=O)Cc1c[nH]c2ccc(OCc3ccccc3)cc12)[C@@H](C)CC)NC(C)=O)OC=O. The Morgan fingerprint density at radius 3 is 2.12 bits per heavy atom. The van der Waals surface area contributed by atoms with Gasteiger partial charge < -0.3 is 45.4 Å². The number of ether oxygens (including phenoxy) is 3. The van der Waals surface area contributed by atoms with Crippen LogP contribution >= 0.6 is 7.82 Å². The maximum absolute atomic E-state index is 13.3. The maximum Gasteiger partial charge on any atom is 0.472 e. The Labute approximate surface area is 407 Å². The van der Waals surface area contributed by atoms with Crippen LogP contribution in [0.5, 0.6) is 5.75 Å². The molecule has 5 atom stereocenters. The summed E-state index contributed by atoms with van der Waals surface area (Å²) in [6, 6.07) is 12.9. The molecular formula is C50H76N5O13P. The first-order chi connectivity index (χ1) is 33.2. The Kier molecular flexibility index (Phi) is 28.0. The third kappa shape index (κ3) is 24.2. The molecule has 1 aromatic heterocycles. The van der Waals surface area contributed by atoms with Crippen molar-refractivity contribution in [3.05, 3.63) is 65.9 Å². The first-order valence-electron chi connectivity index (χ1n) is 24.5. The van der Waals surface area contributed by atoms with Crippen LogP contribution in [0.25, 0.3) is 10.9 Å². The number of aromatic amines is 1. The molecule has 0 saturated carbocycles. The molecule has 3 rings (SSSR count). The van der Waals surface area contributed by atoms with Gasteiger partial charge in [0.2, 0.25) is 23.6 Å². The second-order valence-electron chi connectivity index (χ2n) is 17.3. The van der Waals surface area contributed by atoms with Crippen LogP contribution in [0, 0.1) is 5.92 Å². The van der Waals surface area contributed by atoms with Crippen LogP contribution in [-0.4, -0.2) is 97.0 Å². The van der Waals surface area contributed by atoms with E-state index in [0.29, 0.717) is 30.8 Å². The van der Waals surface area contributed by atoms with Gasteiger partial charge in [-0.15, -0.1) is 0 Å². The third-order valence-corrected chi connectivity index (χ3v) is 12.6. The fourth-order valence-corrected chi connectivity index (χ4v) is 8.15. The molecule has 0 aliphatic rings. The van der Waals surface area contributed by atoms with E-state index in [-0.39, 0.29) is 50.8 Å². The average Bonchev–Trinajstić information content (AvgIpc) is 3.73. The largest absolute Gasteiger partial charge is 0.489 e. The van der Waals surface area contributed by atoms with E-state index in [4.69, 9.17) is 23.3 Å². The Hall–Kier alpha value is -5.29. The van der Waals surface area contributed by atoms with Gasteiger partial charge in [0.25, 0.3) is 6.47 Å². The molecule has 18 nitrogen and oxygen atoms in total. The van der Waals surface area contributed by atoms with E-state index >= 15 is 0 Å². The number of unbranched alkanes of at least 4 members (excludes halogenated alkanes) is 12. The minimum Gasteiger partial charge on any atom is -0.489 e. The zero-order valence-corrected chi connectivity index (χ0v) is 41.8. The molecule has 2 aromatic carbocycles. The van der Waals surface area contributed by atoms with E-state index in [9.17, 15) is 38.2 Å². The van der Waals surface area contributed by atoms with E-state index in [1.807, 2.05) is 62.4 Å². The molecule has 0 aliphatic carbocycles. The number of carbonyl (C=O) groups excluding carboxylic acids is 6. The molecule has 69 heavy (non-hydrogen) atoms. The summed E-state index contributed by atoms with van der Waals surface area (Å²) in [4.78, 5) is 88.5. The minimum atomic E-state index is -4.83. The van der Waals surface area contributed by atoms with Crippen LogP contribution in [0.1, 0.15) is 135 Å². The maximum atomic E-state index is 13.3. The first-order valence-corrected chi connectivity index (χ1v) is 26.0. The third-order valence-electron chi connectivity index (χ3n) is 11.6. The molecule has 0 radical (unpaired) electrons. The van der Waals surface area contributed by atoms with E-state index in [2.05, 4.69) is 33.2 Å². The highest BCUT2D eigenvalue weighted by Crippen LogP contribution is 2.43. The summed E-state index contributed by atoms with van der Waals surface area (Å²) in [6.45, 7) is 5.44. The summed E-state index contributed by atoms with van der Waals surface area (Å²) in [5.74, 6) is -2.52. The van der Waals surface area contributed by atoms with Crippen LogP contribution in [0.4, 0.5) is 0 Å². The lowest BCUT2D eigenvalue weighted by molar-refractivity contribution is -0.152. The number of benzene rings is 2. The second kappa shape index (κ2) is 33.3. The van der Waals surface area contributed by atoms with Gasteiger partial charge in [0.05, 0.1) is 26.2 Å². The molecule has 1 heterocycles. The molecular weight excluding hydrogens is 910 g/mol. The predicted molar refractivity (Wildman–Crippen MR) is 262 cm³/mol. The first kappa shape index (κ1) is 58.0. The molecule has 0 aliphatic heterocycles. The van der Waals surface area contributed by atoms with Gasteiger partial charge >= 0.3 is 13.8 Å². The van der Waals surface area contributed by atoms with Crippen molar-refractivity contribution in [1.82, 2.24) is 26.3 Å². The lowest BCUT2D eigenvalue weighted by atomic mass is 9.98. The van der Waals surface area contributed by atoms with Crippen LogP contribution in [-0.2, 0) is 64.9 Å². The Bertz CT molecular complexity index is 2050. The summed E-state index contributed by atoms with van der Waals surface area (Å²) in [6.07, 6.45) is 16.7. The molecule has 1 unspecified atom stereocenters. The van der Waals surface area contributed by atoms with Crippen molar-refractivity contribution in [2.75, 3.05) is 32.9 Å². The quantitative estimate of drug-likeness (QED) is 0.0143. The summed E-state index contributed by atoms with van der Waals surface area (Å²) in [5, 5.41) is 11.0. The number of aromatic nitrogens is 1. The molecule has 384 valence electrons. The molecule has 6 N–H and O–H groups in total. The number of fused-ring (bicyclic) bond motifs is 1.